The van der Waals surface area contributed by atoms with Crippen LogP contribution in [0.1, 0.15) is 65.1 Å². The largest absolute Gasteiger partial charge is 0.508 e. The summed E-state index contributed by atoms with van der Waals surface area (Å²) in [6, 6.07) is 6.43. The van der Waals surface area contributed by atoms with Crippen molar-refractivity contribution in [2.45, 2.75) is 56.5 Å². The summed E-state index contributed by atoms with van der Waals surface area (Å²) in [5.41, 5.74) is 0.863. The maximum absolute atomic E-state index is 12.9. The zero-order valence-corrected chi connectivity index (χ0v) is 17.0. The second-order valence-corrected chi connectivity index (χ2v) is 9.53. The average Bonchev–Trinajstić information content (AvgIpc) is 2.66. The molecule has 2 atom stereocenters. The van der Waals surface area contributed by atoms with Crippen molar-refractivity contribution in [2.24, 2.45) is 11.8 Å². The van der Waals surface area contributed by atoms with Crippen LogP contribution in [-0.4, -0.2) is 38.0 Å². The molecule has 7 heteroatoms. The van der Waals surface area contributed by atoms with Crippen LogP contribution in [0, 0.1) is 18.8 Å². The Morgan fingerprint density at radius 3 is 2.33 bits per heavy atom. The highest BCUT2D eigenvalue weighted by Crippen LogP contribution is 2.57. The quantitative estimate of drug-likeness (QED) is 0.724. The van der Waals surface area contributed by atoms with Crippen molar-refractivity contribution in [3.63, 3.8) is 0 Å². The number of carbonyl (C=O) groups excluding carboxylic acids is 2. The monoisotopic (exact) mass is 406 g/mol. The molecular weight excluding hydrogens is 380 g/mol. The molecule has 6 rings (SSSR count). The SMILES string of the molecule is Cc1cncc(C(=O)NC23CC4CC(CC(NC(=O)c5cccc(O)c5)(C4)C2)C3)n1. The van der Waals surface area contributed by atoms with Crippen molar-refractivity contribution in [2.75, 3.05) is 0 Å². The number of hydrogen-bond donors (Lipinski definition) is 3. The molecule has 4 bridgehead atoms. The van der Waals surface area contributed by atoms with Crippen LogP contribution in [0.15, 0.2) is 36.7 Å². The number of carbonyl (C=O) groups is 2. The van der Waals surface area contributed by atoms with E-state index < -0.39 is 0 Å². The predicted octanol–water partition coefficient (Wildman–Crippen LogP) is 2.74. The number of phenolic OH excluding ortho intramolecular Hbond substituents is 1. The molecule has 0 aliphatic heterocycles. The number of nitrogens with zero attached hydrogens (tertiary/aromatic N) is 2. The second-order valence-electron chi connectivity index (χ2n) is 9.53. The number of aryl methyl sites for hydroxylation is 1. The first-order chi connectivity index (χ1) is 14.3. The fourth-order valence-electron chi connectivity index (χ4n) is 6.39. The number of nitrogens with one attached hydrogen (secondary N) is 2. The van der Waals surface area contributed by atoms with Crippen LogP contribution in [0.25, 0.3) is 0 Å². The number of benzene rings is 1. The third kappa shape index (κ3) is 3.42. The van der Waals surface area contributed by atoms with Crippen LogP contribution in [0.5, 0.6) is 5.75 Å². The van der Waals surface area contributed by atoms with Gasteiger partial charge in [0, 0.05) is 22.8 Å². The molecule has 0 radical (unpaired) electrons. The molecule has 4 aliphatic rings. The Labute approximate surface area is 175 Å². The van der Waals surface area contributed by atoms with Crippen LogP contribution in [0.3, 0.4) is 0 Å². The van der Waals surface area contributed by atoms with E-state index in [1.165, 1.54) is 12.3 Å². The molecule has 1 aromatic heterocycles. The fourth-order valence-corrected chi connectivity index (χ4v) is 6.39. The van der Waals surface area contributed by atoms with Crippen molar-refractivity contribution >= 4 is 11.8 Å². The molecule has 2 amide bonds. The van der Waals surface area contributed by atoms with Crippen LogP contribution < -0.4 is 10.6 Å². The first-order valence-corrected chi connectivity index (χ1v) is 10.6. The van der Waals surface area contributed by atoms with Gasteiger partial charge in [0.05, 0.1) is 11.9 Å². The van der Waals surface area contributed by atoms with Gasteiger partial charge in [-0.25, -0.2) is 4.98 Å². The van der Waals surface area contributed by atoms with E-state index in [0.717, 1.165) is 38.5 Å². The van der Waals surface area contributed by atoms with Gasteiger partial charge in [-0.05, 0) is 75.5 Å². The molecule has 1 heterocycles. The molecule has 156 valence electrons. The van der Waals surface area contributed by atoms with Crippen molar-refractivity contribution in [3.8, 4) is 5.75 Å². The molecule has 4 fully saturated rings. The van der Waals surface area contributed by atoms with Gasteiger partial charge >= 0.3 is 0 Å². The Balaban J connectivity index is 1.38. The van der Waals surface area contributed by atoms with Crippen molar-refractivity contribution in [1.29, 1.82) is 0 Å². The van der Waals surface area contributed by atoms with E-state index in [1.54, 1.807) is 24.4 Å². The lowest BCUT2D eigenvalue weighted by atomic mass is 9.49. The predicted molar refractivity (Wildman–Crippen MR) is 110 cm³/mol. The van der Waals surface area contributed by atoms with E-state index in [-0.39, 0.29) is 28.6 Å². The van der Waals surface area contributed by atoms with Gasteiger partial charge < -0.3 is 15.7 Å². The van der Waals surface area contributed by atoms with Gasteiger partial charge in [-0.1, -0.05) is 6.07 Å². The Morgan fingerprint density at radius 1 is 1.03 bits per heavy atom. The smallest absolute Gasteiger partial charge is 0.271 e. The van der Waals surface area contributed by atoms with E-state index in [9.17, 15) is 14.7 Å². The third-order valence-corrected chi connectivity index (χ3v) is 6.91. The highest BCUT2D eigenvalue weighted by atomic mass is 16.3. The fraction of sp³-hybridized carbons (Fsp3) is 0.478. The number of aromatic hydroxyl groups is 1. The van der Waals surface area contributed by atoms with Crippen LogP contribution in [-0.2, 0) is 0 Å². The zero-order valence-electron chi connectivity index (χ0n) is 17.0. The molecule has 0 saturated heterocycles. The summed E-state index contributed by atoms with van der Waals surface area (Å²) in [4.78, 5) is 34.3. The topological polar surface area (TPSA) is 104 Å². The molecule has 4 saturated carbocycles. The molecule has 2 unspecified atom stereocenters. The highest BCUT2D eigenvalue weighted by molar-refractivity contribution is 5.95. The first-order valence-electron chi connectivity index (χ1n) is 10.6. The molecular formula is C23H26N4O3. The lowest BCUT2D eigenvalue weighted by Gasteiger charge is -2.62. The van der Waals surface area contributed by atoms with Crippen LogP contribution in [0.4, 0.5) is 0 Å². The average molecular weight is 406 g/mol. The summed E-state index contributed by atoms with van der Waals surface area (Å²) < 4.78 is 0. The van der Waals surface area contributed by atoms with Gasteiger partial charge in [0.1, 0.15) is 11.4 Å². The minimum absolute atomic E-state index is 0.0798. The first kappa shape index (κ1) is 19.0. The second kappa shape index (κ2) is 6.79. The normalized spacial score (nSPS) is 31.4. The number of rotatable bonds is 4. The number of aromatic nitrogens is 2. The zero-order chi connectivity index (χ0) is 20.9. The molecule has 2 aromatic rings. The van der Waals surface area contributed by atoms with Crippen molar-refractivity contribution < 1.29 is 14.7 Å². The van der Waals surface area contributed by atoms with Gasteiger partial charge in [-0.3, -0.25) is 14.6 Å². The van der Waals surface area contributed by atoms with Crippen molar-refractivity contribution in [3.05, 3.63) is 53.6 Å². The lowest BCUT2D eigenvalue weighted by molar-refractivity contribution is -0.0448. The Kier molecular flexibility index (Phi) is 4.31. The standard InChI is InChI=1S/C23H26N4O3/c1-14-11-24-12-19(25-14)21(30)27-23-9-15-5-16(10-23)8-22(7-15,13-23)26-20(29)17-3-2-4-18(28)6-17/h2-4,6,11-12,15-16,28H,5,7-10,13H2,1H3,(H,26,29)(H,27,30). The van der Waals surface area contributed by atoms with Crippen LogP contribution in [0.2, 0.25) is 0 Å². The number of hydrogen-bond acceptors (Lipinski definition) is 5. The summed E-state index contributed by atoms with van der Waals surface area (Å²) in [7, 11) is 0. The Bertz CT molecular complexity index is 930. The summed E-state index contributed by atoms with van der Waals surface area (Å²) >= 11 is 0. The number of amides is 2. The van der Waals surface area contributed by atoms with Crippen LogP contribution >= 0.6 is 0 Å². The molecule has 3 N–H and O–H groups in total. The van der Waals surface area contributed by atoms with E-state index in [4.69, 9.17) is 0 Å². The van der Waals surface area contributed by atoms with Gasteiger partial charge in [0.2, 0.25) is 0 Å². The van der Waals surface area contributed by atoms with Gasteiger partial charge in [-0.2, -0.15) is 0 Å². The van der Waals surface area contributed by atoms with E-state index in [2.05, 4.69) is 20.6 Å². The van der Waals surface area contributed by atoms with Gasteiger partial charge in [0.15, 0.2) is 0 Å². The molecule has 1 aromatic carbocycles. The summed E-state index contributed by atoms with van der Waals surface area (Å²) in [6.45, 7) is 1.82. The minimum Gasteiger partial charge on any atom is -0.508 e. The van der Waals surface area contributed by atoms with Gasteiger partial charge in [0.25, 0.3) is 11.8 Å². The van der Waals surface area contributed by atoms with Gasteiger partial charge in [-0.15, -0.1) is 0 Å². The van der Waals surface area contributed by atoms with E-state index >= 15 is 0 Å². The lowest BCUT2D eigenvalue weighted by Crippen LogP contribution is -2.69. The van der Waals surface area contributed by atoms with E-state index in [1.807, 2.05) is 6.92 Å². The van der Waals surface area contributed by atoms with E-state index in [0.29, 0.717) is 28.8 Å². The maximum atomic E-state index is 12.9. The third-order valence-electron chi connectivity index (χ3n) is 6.91. The Morgan fingerprint density at radius 2 is 1.70 bits per heavy atom. The highest BCUT2D eigenvalue weighted by Gasteiger charge is 2.58. The number of phenols is 1. The molecule has 30 heavy (non-hydrogen) atoms. The minimum atomic E-state index is -0.321. The van der Waals surface area contributed by atoms with Crippen molar-refractivity contribution in [1.82, 2.24) is 20.6 Å². The molecule has 7 nitrogen and oxygen atoms in total. The summed E-state index contributed by atoms with van der Waals surface area (Å²) in [5.74, 6) is 0.692. The Hall–Kier alpha value is -2.96. The maximum Gasteiger partial charge on any atom is 0.271 e. The summed E-state index contributed by atoms with van der Waals surface area (Å²) in [6.07, 6.45) is 8.78. The molecule has 0 spiro atoms. The molecule has 4 aliphatic carbocycles. The summed E-state index contributed by atoms with van der Waals surface area (Å²) in [5, 5.41) is 16.3.